The minimum Gasteiger partial charge on any atom is -0.463 e. The van der Waals surface area contributed by atoms with Gasteiger partial charge in [0.15, 0.2) is 6.10 Å². The van der Waals surface area contributed by atoms with Gasteiger partial charge in [-0.2, -0.15) is 0 Å². The number of carbonyl (C=O) groups excluding carboxylic acids is 4. The molecule has 5 atom stereocenters. The van der Waals surface area contributed by atoms with Crippen LogP contribution in [-0.2, 0) is 42.9 Å². The summed E-state index contributed by atoms with van der Waals surface area (Å²) in [5.41, 5.74) is 0. The molecule has 4 unspecified atom stereocenters. The van der Waals surface area contributed by atoms with Crippen molar-refractivity contribution in [3.05, 3.63) is 0 Å². The lowest BCUT2D eigenvalue weighted by molar-refractivity contribution is -0.281. The van der Waals surface area contributed by atoms with E-state index in [9.17, 15) is 19.2 Å². The van der Waals surface area contributed by atoms with E-state index in [-0.39, 0.29) is 6.61 Å². The van der Waals surface area contributed by atoms with Crippen LogP contribution in [0.25, 0.3) is 0 Å². The van der Waals surface area contributed by atoms with Gasteiger partial charge in [0.25, 0.3) is 0 Å². The Morgan fingerprint density at radius 1 is 0.792 bits per heavy atom. The van der Waals surface area contributed by atoms with Gasteiger partial charge in [-0.05, 0) is 0 Å². The van der Waals surface area contributed by atoms with Gasteiger partial charge in [0, 0.05) is 27.7 Å². The molecule has 0 amide bonds. The van der Waals surface area contributed by atoms with E-state index in [4.69, 9.17) is 23.7 Å². The molecule has 1 fully saturated rings. The lowest BCUT2D eigenvalue weighted by Gasteiger charge is -2.43. The maximum absolute atomic E-state index is 11.4. The molecule has 0 aromatic heterocycles. The van der Waals surface area contributed by atoms with E-state index in [2.05, 4.69) is 0 Å². The van der Waals surface area contributed by atoms with Crippen molar-refractivity contribution in [1.29, 1.82) is 0 Å². The lowest BCUT2D eigenvalue weighted by Crippen LogP contribution is -2.58. The van der Waals surface area contributed by atoms with Gasteiger partial charge in [0.1, 0.15) is 18.8 Å². The number of rotatable bonds is 5. The Morgan fingerprint density at radius 3 is 1.75 bits per heavy atom. The quantitative estimate of drug-likeness (QED) is 0.513. The van der Waals surface area contributed by atoms with Crippen molar-refractivity contribution in [3.8, 4) is 0 Å². The average Bonchev–Trinajstić information content (AvgIpc) is 2.42. The summed E-state index contributed by atoms with van der Waals surface area (Å²) < 4.78 is 26.0. The number of carbonyl (C=O) groups is 4. The van der Waals surface area contributed by atoms with Crippen molar-refractivity contribution in [2.24, 2.45) is 5.92 Å². The number of hydrogen-bond donors (Lipinski definition) is 0. The molecule has 0 saturated carbocycles. The fourth-order valence-corrected chi connectivity index (χ4v) is 2.37. The molecule has 0 radical (unpaired) electrons. The van der Waals surface area contributed by atoms with Crippen LogP contribution in [0.5, 0.6) is 0 Å². The van der Waals surface area contributed by atoms with Crippen LogP contribution in [0.3, 0.4) is 0 Å². The largest absolute Gasteiger partial charge is 0.463 e. The molecule has 0 N–H and O–H groups in total. The van der Waals surface area contributed by atoms with Crippen molar-refractivity contribution >= 4 is 23.9 Å². The van der Waals surface area contributed by atoms with Crippen LogP contribution in [0, 0.1) is 5.92 Å². The average molecular weight is 346 g/mol. The normalized spacial score (nSPS) is 29.3. The first kappa shape index (κ1) is 19.9. The number of ether oxygens (including phenoxy) is 5. The van der Waals surface area contributed by atoms with E-state index in [0.29, 0.717) is 0 Å². The lowest BCUT2D eigenvalue weighted by atomic mass is 9.92. The summed E-state index contributed by atoms with van der Waals surface area (Å²) in [6, 6.07) is 0. The molecule has 136 valence electrons. The first-order chi connectivity index (χ1) is 11.1. The van der Waals surface area contributed by atoms with Gasteiger partial charge in [-0.3, -0.25) is 19.2 Å². The molecule has 24 heavy (non-hydrogen) atoms. The predicted octanol–water partition coefficient (Wildman–Crippen LogP) is 0.337. The van der Waals surface area contributed by atoms with Gasteiger partial charge in [0.05, 0.1) is 5.92 Å². The van der Waals surface area contributed by atoms with E-state index < -0.39 is 54.4 Å². The molecular formula is C15H22O9. The van der Waals surface area contributed by atoms with Gasteiger partial charge in [-0.15, -0.1) is 0 Å². The van der Waals surface area contributed by atoms with Crippen molar-refractivity contribution < 1.29 is 42.9 Å². The van der Waals surface area contributed by atoms with E-state index >= 15 is 0 Å². The Hall–Kier alpha value is -2.16. The Bertz CT molecular complexity index is 485. The fourth-order valence-electron chi connectivity index (χ4n) is 2.37. The monoisotopic (exact) mass is 346 g/mol. The van der Waals surface area contributed by atoms with E-state index in [0.717, 1.165) is 0 Å². The summed E-state index contributed by atoms with van der Waals surface area (Å²) in [6.07, 6.45) is -3.93. The Labute approximate surface area is 139 Å². The summed E-state index contributed by atoms with van der Waals surface area (Å²) in [4.78, 5) is 45.1. The third-order valence-electron chi connectivity index (χ3n) is 3.28. The van der Waals surface area contributed by atoms with Crippen LogP contribution in [0.4, 0.5) is 0 Å². The third kappa shape index (κ3) is 5.80. The molecule has 9 nitrogen and oxygen atoms in total. The summed E-state index contributed by atoms with van der Waals surface area (Å²) in [6.45, 7) is 6.18. The Balaban J connectivity index is 3.08. The van der Waals surface area contributed by atoms with Crippen LogP contribution >= 0.6 is 0 Å². The summed E-state index contributed by atoms with van der Waals surface area (Å²) in [5.74, 6) is -2.97. The Morgan fingerprint density at radius 2 is 1.29 bits per heavy atom. The summed E-state index contributed by atoms with van der Waals surface area (Å²) in [7, 11) is 0. The minimum atomic E-state index is -1.04. The van der Waals surface area contributed by atoms with Crippen molar-refractivity contribution in [2.45, 2.75) is 59.2 Å². The molecule has 0 bridgehead atoms. The maximum atomic E-state index is 11.4. The summed E-state index contributed by atoms with van der Waals surface area (Å²) >= 11 is 0. The Kier molecular flexibility index (Phi) is 7.15. The summed E-state index contributed by atoms with van der Waals surface area (Å²) in [5, 5.41) is 0. The molecule has 0 aromatic rings. The van der Waals surface area contributed by atoms with Crippen molar-refractivity contribution in [2.75, 3.05) is 6.61 Å². The van der Waals surface area contributed by atoms with Crippen molar-refractivity contribution in [3.63, 3.8) is 0 Å². The van der Waals surface area contributed by atoms with Gasteiger partial charge >= 0.3 is 23.9 Å². The zero-order valence-electron chi connectivity index (χ0n) is 14.3. The van der Waals surface area contributed by atoms with E-state index in [1.165, 1.54) is 27.7 Å². The van der Waals surface area contributed by atoms with E-state index in [1.807, 2.05) is 0 Å². The molecule has 1 heterocycles. The topological polar surface area (TPSA) is 114 Å². The third-order valence-corrected chi connectivity index (χ3v) is 3.28. The molecule has 1 aliphatic rings. The molecule has 1 rings (SSSR count). The molecule has 1 saturated heterocycles. The van der Waals surface area contributed by atoms with Gasteiger partial charge in [-0.1, -0.05) is 6.92 Å². The van der Waals surface area contributed by atoms with E-state index in [1.54, 1.807) is 6.92 Å². The van der Waals surface area contributed by atoms with Crippen LogP contribution < -0.4 is 0 Å². The van der Waals surface area contributed by atoms with Crippen LogP contribution in [0.2, 0.25) is 0 Å². The van der Waals surface area contributed by atoms with Gasteiger partial charge < -0.3 is 23.7 Å². The predicted molar refractivity (Wildman–Crippen MR) is 77.3 cm³/mol. The standard InChI is InChI=1S/C15H22O9/c1-7-13(21-9(3)17)14(22-10(4)18)12(6-20-8(2)16)24-15(7)23-11(5)19/h7,12-15H,6H2,1-5H3/t7-,12?,13?,14?,15?/m1/s1. The second kappa shape index (κ2) is 8.62. The zero-order valence-corrected chi connectivity index (χ0v) is 14.3. The number of esters is 4. The minimum absolute atomic E-state index is 0.254. The first-order valence-corrected chi connectivity index (χ1v) is 7.42. The van der Waals surface area contributed by atoms with Crippen LogP contribution in [0.15, 0.2) is 0 Å². The highest BCUT2D eigenvalue weighted by Crippen LogP contribution is 2.31. The molecule has 0 spiro atoms. The van der Waals surface area contributed by atoms with Gasteiger partial charge in [0.2, 0.25) is 6.29 Å². The molecule has 0 aromatic carbocycles. The molecule has 1 aliphatic heterocycles. The maximum Gasteiger partial charge on any atom is 0.304 e. The second-order valence-electron chi connectivity index (χ2n) is 5.46. The smallest absolute Gasteiger partial charge is 0.304 e. The SMILES string of the molecule is CC(=O)OCC1OC(OC(C)=O)[C@H](C)C(OC(C)=O)C1OC(C)=O. The highest BCUT2D eigenvalue weighted by Gasteiger charge is 2.49. The van der Waals surface area contributed by atoms with Crippen molar-refractivity contribution in [1.82, 2.24) is 0 Å². The number of hydrogen-bond acceptors (Lipinski definition) is 9. The highest BCUT2D eigenvalue weighted by atomic mass is 16.7. The van der Waals surface area contributed by atoms with Crippen LogP contribution in [-0.4, -0.2) is 55.1 Å². The molecule has 0 aliphatic carbocycles. The van der Waals surface area contributed by atoms with Crippen LogP contribution in [0.1, 0.15) is 34.6 Å². The highest BCUT2D eigenvalue weighted by molar-refractivity contribution is 5.68. The van der Waals surface area contributed by atoms with Gasteiger partial charge in [-0.25, -0.2) is 0 Å². The zero-order chi connectivity index (χ0) is 18.4. The fraction of sp³-hybridized carbons (Fsp3) is 0.733. The second-order valence-corrected chi connectivity index (χ2v) is 5.46. The molecule has 9 heteroatoms. The first-order valence-electron chi connectivity index (χ1n) is 7.42. The molecular weight excluding hydrogens is 324 g/mol.